The molecule has 28 heavy (non-hydrogen) atoms. The molecule has 3 aromatic rings. The molecule has 2 aromatic carbocycles. The summed E-state index contributed by atoms with van der Waals surface area (Å²) >= 11 is 0. The minimum absolute atomic E-state index is 0.126. The van der Waals surface area contributed by atoms with E-state index in [2.05, 4.69) is 10.1 Å². The molecule has 0 fully saturated rings. The molecule has 3 rings (SSSR count). The van der Waals surface area contributed by atoms with Crippen LogP contribution in [0.15, 0.2) is 64.0 Å². The minimum Gasteiger partial charge on any atom is -0.338 e. The Morgan fingerprint density at radius 2 is 1.86 bits per heavy atom. The summed E-state index contributed by atoms with van der Waals surface area (Å²) in [4.78, 5) is 14.4. The lowest BCUT2D eigenvalue weighted by Crippen LogP contribution is -2.36. The first kappa shape index (κ1) is 19.6. The lowest BCUT2D eigenvalue weighted by molar-refractivity contribution is -0.385. The number of nitrogens with zero attached hydrogens (tertiary/aromatic N) is 4. The van der Waals surface area contributed by atoms with Gasteiger partial charge in [0.2, 0.25) is 21.7 Å². The number of rotatable bonds is 7. The van der Waals surface area contributed by atoms with Crippen LogP contribution in [-0.2, 0) is 16.6 Å². The molecule has 0 amide bonds. The average molecular weight is 402 g/mol. The second kappa shape index (κ2) is 7.87. The third-order valence-electron chi connectivity index (χ3n) is 4.00. The van der Waals surface area contributed by atoms with Crippen molar-refractivity contribution in [1.29, 1.82) is 0 Å². The Bertz CT molecular complexity index is 1080. The van der Waals surface area contributed by atoms with Gasteiger partial charge in [0.05, 0.1) is 16.4 Å². The highest BCUT2D eigenvalue weighted by Crippen LogP contribution is 2.24. The summed E-state index contributed by atoms with van der Waals surface area (Å²) in [5.41, 5.74) is 0.448. The minimum atomic E-state index is -4.01. The lowest BCUT2D eigenvalue weighted by atomic mass is 10.2. The Morgan fingerprint density at radius 1 is 1.14 bits per heavy atom. The van der Waals surface area contributed by atoms with Crippen LogP contribution in [0.25, 0.3) is 11.4 Å². The van der Waals surface area contributed by atoms with Gasteiger partial charge >= 0.3 is 0 Å². The van der Waals surface area contributed by atoms with Gasteiger partial charge in [0.1, 0.15) is 0 Å². The van der Waals surface area contributed by atoms with E-state index in [-0.39, 0.29) is 23.0 Å². The molecule has 9 nitrogen and oxygen atoms in total. The fraction of sp³-hybridized carbons (Fsp3) is 0.222. The van der Waals surface area contributed by atoms with Crippen molar-refractivity contribution in [3.8, 4) is 11.4 Å². The molecule has 0 unspecified atom stereocenters. The number of hydrogen-bond donors (Lipinski definition) is 0. The molecule has 146 valence electrons. The van der Waals surface area contributed by atoms with E-state index < -0.39 is 21.0 Å². The number of non-ortho nitro benzene ring substituents is 1. The molecule has 0 N–H and O–H groups in total. The molecule has 0 saturated heterocycles. The molecule has 1 aromatic heterocycles. The number of nitro groups is 1. The number of aromatic nitrogens is 2. The van der Waals surface area contributed by atoms with Gasteiger partial charge in [0, 0.05) is 23.7 Å². The van der Waals surface area contributed by atoms with Gasteiger partial charge in [-0.3, -0.25) is 10.1 Å². The van der Waals surface area contributed by atoms with Crippen LogP contribution in [0.5, 0.6) is 0 Å². The molecular weight excluding hydrogens is 384 g/mol. The fourth-order valence-corrected chi connectivity index (χ4v) is 4.22. The van der Waals surface area contributed by atoms with Crippen molar-refractivity contribution in [2.45, 2.75) is 31.3 Å². The summed E-state index contributed by atoms with van der Waals surface area (Å²) in [6, 6.07) is 13.6. The van der Waals surface area contributed by atoms with Gasteiger partial charge in [0.25, 0.3) is 5.69 Å². The summed E-state index contributed by atoms with van der Waals surface area (Å²) < 4.78 is 32.5. The first-order valence-corrected chi connectivity index (χ1v) is 9.87. The van der Waals surface area contributed by atoms with Gasteiger partial charge in [-0.25, -0.2) is 8.42 Å². The van der Waals surface area contributed by atoms with Crippen molar-refractivity contribution >= 4 is 15.7 Å². The van der Waals surface area contributed by atoms with Crippen molar-refractivity contribution in [2.24, 2.45) is 0 Å². The van der Waals surface area contributed by atoms with E-state index in [0.717, 1.165) is 15.9 Å². The predicted molar refractivity (Wildman–Crippen MR) is 101 cm³/mol. The molecule has 0 atom stereocenters. The quantitative estimate of drug-likeness (QED) is 0.439. The summed E-state index contributed by atoms with van der Waals surface area (Å²) in [5, 5.41) is 14.9. The van der Waals surface area contributed by atoms with E-state index in [4.69, 9.17) is 4.52 Å². The van der Waals surface area contributed by atoms with Gasteiger partial charge in [-0.1, -0.05) is 41.6 Å². The molecule has 0 bridgehead atoms. The maximum atomic E-state index is 13.0. The Kier molecular flexibility index (Phi) is 5.52. The van der Waals surface area contributed by atoms with Crippen molar-refractivity contribution in [3.63, 3.8) is 0 Å². The van der Waals surface area contributed by atoms with Crippen LogP contribution < -0.4 is 0 Å². The average Bonchev–Trinajstić information content (AvgIpc) is 3.15. The highest BCUT2D eigenvalue weighted by Gasteiger charge is 2.30. The fourth-order valence-electron chi connectivity index (χ4n) is 2.59. The number of nitro benzene ring substituents is 1. The van der Waals surface area contributed by atoms with E-state index in [1.165, 1.54) is 18.2 Å². The van der Waals surface area contributed by atoms with Crippen LogP contribution in [0.4, 0.5) is 5.69 Å². The van der Waals surface area contributed by atoms with E-state index in [1.54, 1.807) is 13.8 Å². The number of hydrogen-bond acceptors (Lipinski definition) is 7. The smallest absolute Gasteiger partial charge is 0.270 e. The van der Waals surface area contributed by atoms with E-state index >= 15 is 0 Å². The molecule has 0 aliphatic carbocycles. The van der Waals surface area contributed by atoms with Crippen molar-refractivity contribution in [1.82, 2.24) is 14.4 Å². The SMILES string of the molecule is CC(C)N(Cc1nc(-c2ccccc2)no1)S(=O)(=O)c1cccc([N+](=O)[O-])c1. The molecular formula is C18H18N4O5S. The van der Waals surface area contributed by atoms with Crippen LogP contribution in [-0.4, -0.2) is 33.8 Å². The highest BCUT2D eigenvalue weighted by molar-refractivity contribution is 7.89. The summed E-state index contributed by atoms with van der Waals surface area (Å²) in [6.07, 6.45) is 0. The van der Waals surface area contributed by atoms with Gasteiger partial charge in [-0.15, -0.1) is 0 Å². The molecule has 1 heterocycles. The van der Waals surface area contributed by atoms with E-state index in [1.807, 2.05) is 30.3 Å². The Hall–Kier alpha value is -3.11. The van der Waals surface area contributed by atoms with E-state index in [0.29, 0.717) is 5.82 Å². The number of sulfonamides is 1. The highest BCUT2D eigenvalue weighted by atomic mass is 32.2. The second-order valence-corrected chi connectivity index (χ2v) is 8.17. The van der Waals surface area contributed by atoms with Gasteiger partial charge in [-0.05, 0) is 19.9 Å². The normalized spacial score (nSPS) is 11.9. The summed E-state index contributed by atoms with van der Waals surface area (Å²) in [7, 11) is -4.01. The third kappa shape index (κ3) is 4.07. The molecule has 0 aliphatic heterocycles. The first-order valence-electron chi connectivity index (χ1n) is 8.43. The van der Waals surface area contributed by atoms with Crippen LogP contribution in [0.2, 0.25) is 0 Å². The maximum absolute atomic E-state index is 13.0. The second-order valence-electron chi connectivity index (χ2n) is 6.28. The summed E-state index contributed by atoms with van der Waals surface area (Å²) in [6.45, 7) is 3.25. The van der Waals surface area contributed by atoms with Gasteiger partial charge < -0.3 is 4.52 Å². The Balaban J connectivity index is 1.91. The number of benzene rings is 2. The van der Waals surface area contributed by atoms with Crippen molar-refractivity contribution in [3.05, 3.63) is 70.6 Å². The van der Waals surface area contributed by atoms with Crippen LogP contribution in [0, 0.1) is 10.1 Å². The standard InChI is InChI=1S/C18H18N4O5S/c1-13(2)21(28(25,26)16-10-6-9-15(11-16)22(23)24)12-17-19-18(20-27-17)14-7-4-3-5-8-14/h3-11,13H,12H2,1-2H3. The predicted octanol–water partition coefficient (Wildman–Crippen LogP) is 3.24. The van der Waals surface area contributed by atoms with Crippen molar-refractivity contribution in [2.75, 3.05) is 0 Å². The van der Waals surface area contributed by atoms with Crippen molar-refractivity contribution < 1.29 is 17.9 Å². The zero-order valence-corrected chi connectivity index (χ0v) is 16.0. The topological polar surface area (TPSA) is 119 Å². The molecule has 0 saturated carbocycles. The Labute approximate surface area is 161 Å². The summed E-state index contributed by atoms with van der Waals surface area (Å²) in [5.74, 6) is 0.480. The van der Waals surface area contributed by atoms with Crippen LogP contribution in [0.3, 0.4) is 0 Å². The van der Waals surface area contributed by atoms with Gasteiger partial charge in [0.15, 0.2) is 0 Å². The maximum Gasteiger partial charge on any atom is 0.270 e. The molecule has 0 aliphatic rings. The monoisotopic (exact) mass is 402 g/mol. The molecule has 0 spiro atoms. The largest absolute Gasteiger partial charge is 0.338 e. The molecule has 10 heteroatoms. The van der Waals surface area contributed by atoms with E-state index in [9.17, 15) is 18.5 Å². The van der Waals surface area contributed by atoms with Crippen LogP contribution in [0.1, 0.15) is 19.7 Å². The molecule has 0 radical (unpaired) electrons. The zero-order chi connectivity index (χ0) is 20.3. The lowest BCUT2D eigenvalue weighted by Gasteiger charge is -2.24. The third-order valence-corrected chi connectivity index (χ3v) is 6.02. The zero-order valence-electron chi connectivity index (χ0n) is 15.2. The Morgan fingerprint density at radius 3 is 2.50 bits per heavy atom. The van der Waals surface area contributed by atoms with Crippen LogP contribution >= 0.6 is 0 Å². The van der Waals surface area contributed by atoms with Gasteiger partial charge in [-0.2, -0.15) is 9.29 Å². The first-order chi connectivity index (χ1) is 13.3.